The predicted octanol–water partition coefficient (Wildman–Crippen LogP) is 8.47. The Balaban J connectivity index is 4.77. The van der Waals surface area contributed by atoms with Gasteiger partial charge in [-0.25, -0.2) is 14.4 Å². The highest BCUT2D eigenvalue weighted by atomic mass is 16.6. The van der Waals surface area contributed by atoms with Crippen molar-refractivity contribution in [3.05, 3.63) is 12.2 Å². The molecule has 0 radical (unpaired) electrons. The van der Waals surface area contributed by atoms with E-state index in [2.05, 4.69) is 40.3 Å². The molecule has 0 saturated carbocycles. The molecule has 5 N–H and O–H groups in total. The number of hydrogen-bond donors (Lipinski definition) is 5. The van der Waals surface area contributed by atoms with Gasteiger partial charge < -0.3 is 35.8 Å². The Morgan fingerprint density at radius 1 is 0.577 bits per heavy atom. The Bertz CT molecular complexity index is 1040. The molecule has 2 atom stereocenters. The molecule has 0 aromatic carbocycles. The number of allylic oxidation sites excluding steroid dienone is 2. The third-order valence-corrected chi connectivity index (χ3v) is 8.11. The molecular formula is C40H74N4O8. The number of aliphatic carboxylic acids is 1. The number of ether oxygens (including phenoxy) is 2. The molecule has 0 saturated heterocycles. The van der Waals surface area contributed by atoms with Crippen molar-refractivity contribution in [2.75, 3.05) is 13.1 Å². The van der Waals surface area contributed by atoms with E-state index in [-0.39, 0.29) is 25.2 Å². The summed E-state index contributed by atoms with van der Waals surface area (Å²) >= 11 is 0. The van der Waals surface area contributed by atoms with E-state index in [1.807, 2.05) is 0 Å². The summed E-state index contributed by atoms with van der Waals surface area (Å²) in [6.07, 6.45) is 21.3. The summed E-state index contributed by atoms with van der Waals surface area (Å²) in [5, 5.41) is 20.5. The summed E-state index contributed by atoms with van der Waals surface area (Å²) in [6, 6.07) is -2.06. The summed E-state index contributed by atoms with van der Waals surface area (Å²) in [6.45, 7) is 13.5. The molecule has 0 aliphatic carbocycles. The standard InChI is InChI=1S/C40H74N4O8/c1-8-9-10-11-12-13-14-15-16-17-18-19-20-21-22-29-34(45)43-32(27-23-25-30-41-37(49)51-39(2,3)4)35(46)44-33(36(47)48)28-24-26-31-42-38(50)52-40(5,6)7/h15-16,32-33H,8-14,17-31H2,1-7H3,(H,41,49)(H,42,50)(H,43,45)(H,44,46)(H,47,48). The van der Waals surface area contributed by atoms with E-state index < -0.39 is 47.3 Å². The fraction of sp³-hybridized carbons (Fsp3) is 0.825. The normalized spacial score (nSPS) is 12.9. The van der Waals surface area contributed by atoms with Crippen LogP contribution in [0.4, 0.5) is 9.59 Å². The molecule has 0 fully saturated rings. The molecule has 4 amide bonds. The first-order chi connectivity index (χ1) is 24.5. The van der Waals surface area contributed by atoms with Crippen molar-refractivity contribution in [3.63, 3.8) is 0 Å². The Hall–Kier alpha value is -3.31. The SMILES string of the molecule is CCCCCCCCC=CCCCCCCCC(=O)NC(CCCCNC(=O)OC(C)(C)C)C(=O)NC(CCCCNC(=O)OC(C)(C)C)C(=O)O. The van der Waals surface area contributed by atoms with E-state index >= 15 is 0 Å². The Kier molecular flexibility index (Phi) is 27.3. The van der Waals surface area contributed by atoms with E-state index in [9.17, 15) is 29.1 Å². The second kappa shape index (κ2) is 29.2. The number of nitrogens with one attached hydrogen (secondary N) is 4. The average Bonchev–Trinajstić information content (AvgIpc) is 3.03. The average molecular weight is 739 g/mol. The molecule has 52 heavy (non-hydrogen) atoms. The van der Waals surface area contributed by atoms with Crippen molar-refractivity contribution < 1.29 is 38.6 Å². The molecular weight excluding hydrogens is 664 g/mol. The topological polar surface area (TPSA) is 172 Å². The number of unbranched alkanes of at least 4 members (excludes halogenated alkanes) is 13. The monoisotopic (exact) mass is 739 g/mol. The minimum Gasteiger partial charge on any atom is -0.480 e. The number of carbonyl (C=O) groups excluding carboxylic acids is 4. The van der Waals surface area contributed by atoms with Gasteiger partial charge in [-0.15, -0.1) is 0 Å². The van der Waals surface area contributed by atoms with E-state index in [1.165, 1.54) is 38.5 Å². The van der Waals surface area contributed by atoms with Crippen molar-refractivity contribution in [1.82, 2.24) is 21.3 Å². The Morgan fingerprint density at radius 3 is 1.48 bits per heavy atom. The number of alkyl carbamates (subject to hydrolysis) is 2. The van der Waals surface area contributed by atoms with Gasteiger partial charge in [-0.2, -0.15) is 0 Å². The van der Waals surface area contributed by atoms with E-state index in [0.29, 0.717) is 45.2 Å². The molecule has 0 heterocycles. The van der Waals surface area contributed by atoms with Crippen molar-refractivity contribution >= 4 is 30.0 Å². The smallest absolute Gasteiger partial charge is 0.407 e. The molecule has 12 heteroatoms. The minimum absolute atomic E-state index is 0.159. The quantitative estimate of drug-likeness (QED) is 0.0376. The number of carboxylic acid groups (broad SMARTS) is 1. The van der Waals surface area contributed by atoms with Gasteiger partial charge in [0.05, 0.1) is 0 Å². The van der Waals surface area contributed by atoms with Crippen molar-refractivity contribution in [3.8, 4) is 0 Å². The zero-order chi connectivity index (χ0) is 39.3. The van der Waals surface area contributed by atoms with Gasteiger partial charge in [0, 0.05) is 19.5 Å². The van der Waals surface area contributed by atoms with Crippen LogP contribution in [-0.4, -0.2) is 71.5 Å². The number of hydrogen-bond acceptors (Lipinski definition) is 7. The molecule has 0 aromatic rings. The lowest BCUT2D eigenvalue weighted by atomic mass is 10.0. The van der Waals surface area contributed by atoms with Crippen LogP contribution in [0.2, 0.25) is 0 Å². The first kappa shape index (κ1) is 48.7. The number of amides is 4. The van der Waals surface area contributed by atoms with Gasteiger partial charge in [0.15, 0.2) is 0 Å². The van der Waals surface area contributed by atoms with Crippen LogP contribution in [0.5, 0.6) is 0 Å². The molecule has 0 rings (SSSR count). The lowest BCUT2D eigenvalue weighted by Crippen LogP contribution is -2.51. The summed E-state index contributed by atoms with van der Waals surface area (Å²) in [5.41, 5.74) is -1.23. The maximum atomic E-state index is 13.3. The molecule has 0 spiro atoms. The summed E-state index contributed by atoms with van der Waals surface area (Å²) in [7, 11) is 0. The van der Waals surface area contributed by atoms with Crippen LogP contribution in [0, 0.1) is 0 Å². The highest BCUT2D eigenvalue weighted by Gasteiger charge is 2.26. The zero-order valence-electron chi connectivity index (χ0n) is 33.7. The summed E-state index contributed by atoms with van der Waals surface area (Å²) in [5.74, 6) is -1.98. The molecule has 302 valence electrons. The van der Waals surface area contributed by atoms with Gasteiger partial charge in [0.1, 0.15) is 23.3 Å². The summed E-state index contributed by atoms with van der Waals surface area (Å²) in [4.78, 5) is 61.9. The Labute approximate surface area is 314 Å². The summed E-state index contributed by atoms with van der Waals surface area (Å²) < 4.78 is 10.5. The molecule has 2 unspecified atom stereocenters. The van der Waals surface area contributed by atoms with Gasteiger partial charge in [0.25, 0.3) is 0 Å². The molecule has 0 aliphatic rings. The molecule has 0 aliphatic heterocycles. The van der Waals surface area contributed by atoms with Crippen LogP contribution in [0.25, 0.3) is 0 Å². The van der Waals surface area contributed by atoms with Gasteiger partial charge in [0.2, 0.25) is 11.8 Å². The number of carbonyl (C=O) groups is 5. The molecule has 0 aromatic heterocycles. The second-order valence-corrected chi connectivity index (χ2v) is 15.7. The minimum atomic E-state index is -1.17. The maximum absolute atomic E-state index is 13.3. The first-order valence-electron chi connectivity index (χ1n) is 19.9. The van der Waals surface area contributed by atoms with Gasteiger partial charge >= 0.3 is 18.2 Å². The van der Waals surface area contributed by atoms with Gasteiger partial charge in [-0.1, -0.05) is 70.4 Å². The van der Waals surface area contributed by atoms with Crippen LogP contribution >= 0.6 is 0 Å². The second-order valence-electron chi connectivity index (χ2n) is 15.7. The molecule has 0 bridgehead atoms. The van der Waals surface area contributed by atoms with Gasteiger partial charge in [-0.05, 0) is 112 Å². The van der Waals surface area contributed by atoms with Crippen molar-refractivity contribution in [2.45, 2.75) is 200 Å². The third kappa shape index (κ3) is 31.4. The van der Waals surface area contributed by atoms with Crippen LogP contribution in [0.3, 0.4) is 0 Å². The van der Waals surface area contributed by atoms with E-state index in [4.69, 9.17) is 9.47 Å². The van der Waals surface area contributed by atoms with Gasteiger partial charge in [-0.3, -0.25) is 9.59 Å². The fourth-order valence-corrected chi connectivity index (χ4v) is 5.38. The third-order valence-electron chi connectivity index (χ3n) is 8.11. The lowest BCUT2D eigenvalue weighted by molar-refractivity contribution is -0.142. The van der Waals surface area contributed by atoms with Crippen LogP contribution in [-0.2, 0) is 23.9 Å². The zero-order valence-corrected chi connectivity index (χ0v) is 33.7. The van der Waals surface area contributed by atoms with Crippen molar-refractivity contribution in [1.29, 1.82) is 0 Å². The predicted molar refractivity (Wildman–Crippen MR) is 207 cm³/mol. The van der Waals surface area contributed by atoms with E-state index in [1.54, 1.807) is 41.5 Å². The van der Waals surface area contributed by atoms with Crippen LogP contribution < -0.4 is 21.3 Å². The highest BCUT2D eigenvalue weighted by Crippen LogP contribution is 2.12. The number of rotatable bonds is 29. The first-order valence-corrected chi connectivity index (χ1v) is 19.9. The number of carboxylic acids is 1. The lowest BCUT2D eigenvalue weighted by Gasteiger charge is -2.22. The Morgan fingerprint density at radius 2 is 1.02 bits per heavy atom. The fourth-order valence-electron chi connectivity index (χ4n) is 5.38. The largest absolute Gasteiger partial charge is 0.480 e. The maximum Gasteiger partial charge on any atom is 0.407 e. The van der Waals surface area contributed by atoms with Crippen LogP contribution in [0.15, 0.2) is 12.2 Å². The van der Waals surface area contributed by atoms with E-state index in [0.717, 1.165) is 38.5 Å². The highest BCUT2D eigenvalue weighted by molar-refractivity contribution is 5.90. The van der Waals surface area contributed by atoms with Crippen molar-refractivity contribution in [2.24, 2.45) is 0 Å². The molecule has 12 nitrogen and oxygen atoms in total. The van der Waals surface area contributed by atoms with Crippen LogP contribution in [0.1, 0.15) is 177 Å².